The standard InChI is InChI=1S/C16H20S/c1-3-5-14-8-10-15(11-9-14)17-16-7-4-6-13(2)12-16/h4,6-11,13H,3,5,12H2,1-2H3. The van der Waals surface area contributed by atoms with E-state index in [1.807, 2.05) is 11.8 Å². The summed E-state index contributed by atoms with van der Waals surface area (Å²) in [7, 11) is 0. The maximum absolute atomic E-state index is 2.27. The van der Waals surface area contributed by atoms with Crippen LogP contribution in [0.5, 0.6) is 0 Å². The lowest BCUT2D eigenvalue weighted by molar-refractivity contribution is 0.729. The Kier molecular flexibility index (Phi) is 4.49. The van der Waals surface area contributed by atoms with E-state index in [2.05, 4.69) is 56.3 Å². The maximum atomic E-state index is 2.27. The van der Waals surface area contributed by atoms with Gasteiger partial charge in [-0.15, -0.1) is 0 Å². The quantitative estimate of drug-likeness (QED) is 0.700. The summed E-state index contributed by atoms with van der Waals surface area (Å²) in [6, 6.07) is 9.02. The zero-order valence-electron chi connectivity index (χ0n) is 10.6. The molecule has 90 valence electrons. The number of thioether (sulfide) groups is 1. The van der Waals surface area contributed by atoms with Crippen LogP contribution in [0.2, 0.25) is 0 Å². The second-order valence-corrected chi connectivity index (χ2v) is 5.90. The number of hydrogen-bond donors (Lipinski definition) is 0. The van der Waals surface area contributed by atoms with Gasteiger partial charge in [-0.05, 0) is 41.4 Å². The monoisotopic (exact) mass is 244 g/mol. The van der Waals surface area contributed by atoms with E-state index in [1.165, 1.54) is 34.6 Å². The summed E-state index contributed by atoms with van der Waals surface area (Å²) in [5, 5.41) is 0. The number of benzene rings is 1. The van der Waals surface area contributed by atoms with E-state index in [0.717, 1.165) is 0 Å². The molecule has 1 aliphatic carbocycles. The molecule has 1 unspecified atom stereocenters. The Hall–Kier alpha value is -0.950. The Bertz CT molecular complexity index is 412. The van der Waals surface area contributed by atoms with Crippen molar-refractivity contribution in [3.8, 4) is 0 Å². The minimum atomic E-state index is 0.682. The zero-order valence-corrected chi connectivity index (χ0v) is 11.5. The lowest BCUT2D eigenvalue weighted by Crippen LogP contribution is -1.94. The molecule has 0 nitrogen and oxygen atoms in total. The molecule has 1 aromatic carbocycles. The topological polar surface area (TPSA) is 0 Å². The summed E-state index contributed by atoms with van der Waals surface area (Å²) in [6.45, 7) is 4.50. The lowest BCUT2D eigenvalue weighted by Gasteiger charge is -2.14. The second-order valence-electron chi connectivity index (χ2n) is 4.70. The highest BCUT2D eigenvalue weighted by molar-refractivity contribution is 8.03. The molecule has 0 radical (unpaired) electrons. The fourth-order valence-corrected chi connectivity index (χ4v) is 3.11. The largest absolute Gasteiger partial charge is 0.0945 e. The molecule has 2 rings (SSSR count). The van der Waals surface area contributed by atoms with Crippen molar-refractivity contribution in [1.29, 1.82) is 0 Å². The normalized spacial score (nSPS) is 19.2. The van der Waals surface area contributed by atoms with Crippen molar-refractivity contribution in [3.05, 3.63) is 53.0 Å². The van der Waals surface area contributed by atoms with Gasteiger partial charge in [0.05, 0.1) is 0 Å². The number of rotatable bonds is 4. The first-order valence-corrected chi connectivity index (χ1v) is 7.23. The molecule has 0 N–H and O–H groups in total. The Morgan fingerprint density at radius 3 is 2.65 bits per heavy atom. The molecule has 0 fully saturated rings. The van der Waals surface area contributed by atoms with Gasteiger partial charge in [-0.1, -0.05) is 62.4 Å². The summed E-state index contributed by atoms with van der Waals surface area (Å²) < 4.78 is 0. The van der Waals surface area contributed by atoms with E-state index in [1.54, 1.807) is 0 Å². The van der Waals surface area contributed by atoms with Crippen LogP contribution in [-0.4, -0.2) is 0 Å². The van der Waals surface area contributed by atoms with Crippen LogP contribution in [-0.2, 0) is 6.42 Å². The molecule has 1 heteroatoms. The van der Waals surface area contributed by atoms with Crippen LogP contribution < -0.4 is 0 Å². The molecule has 0 saturated carbocycles. The molecule has 0 amide bonds. The molecule has 17 heavy (non-hydrogen) atoms. The van der Waals surface area contributed by atoms with Gasteiger partial charge in [0.2, 0.25) is 0 Å². The number of hydrogen-bond acceptors (Lipinski definition) is 1. The summed E-state index contributed by atoms with van der Waals surface area (Å²) in [6.07, 6.45) is 10.3. The molecule has 0 saturated heterocycles. The Morgan fingerprint density at radius 2 is 2.00 bits per heavy atom. The third kappa shape index (κ3) is 3.78. The third-order valence-electron chi connectivity index (χ3n) is 2.96. The molecule has 0 spiro atoms. The van der Waals surface area contributed by atoms with E-state index < -0.39 is 0 Å². The summed E-state index contributed by atoms with van der Waals surface area (Å²) >= 11 is 1.90. The highest BCUT2D eigenvalue weighted by atomic mass is 32.2. The van der Waals surface area contributed by atoms with Crippen LogP contribution in [0.1, 0.15) is 32.3 Å². The molecule has 0 heterocycles. The van der Waals surface area contributed by atoms with Crippen molar-refractivity contribution >= 4 is 11.8 Å². The van der Waals surface area contributed by atoms with Gasteiger partial charge in [0, 0.05) is 4.90 Å². The first-order chi connectivity index (χ1) is 8.28. The van der Waals surface area contributed by atoms with Crippen LogP contribution in [0.15, 0.2) is 52.3 Å². The predicted octanol–water partition coefficient (Wildman–Crippen LogP) is 5.21. The minimum absolute atomic E-state index is 0.682. The number of aryl methyl sites for hydroxylation is 1. The van der Waals surface area contributed by atoms with Crippen LogP contribution in [0, 0.1) is 5.92 Å². The van der Waals surface area contributed by atoms with Crippen molar-refractivity contribution in [3.63, 3.8) is 0 Å². The van der Waals surface area contributed by atoms with Gasteiger partial charge in [0.25, 0.3) is 0 Å². The molecular weight excluding hydrogens is 224 g/mol. The highest BCUT2D eigenvalue weighted by Gasteiger charge is 2.07. The van der Waals surface area contributed by atoms with Crippen molar-refractivity contribution in [2.75, 3.05) is 0 Å². The van der Waals surface area contributed by atoms with Crippen molar-refractivity contribution < 1.29 is 0 Å². The molecule has 0 aromatic heterocycles. The molecule has 1 atom stereocenters. The van der Waals surface area contributed by atoms with Crippen molar-refractivity contribution in [2.24, 2.45) is 5.92 Å². The average Bonchev–Trinajstić information content (AvgIpc) is 2.32. The fraction of sp³-hybridized carbons (Fsp3) is 0.375. The first-order valence-electron chi connectivity index (χ1n) is 6.42. The summed E-state index contributed by atoms with van der Waals surface area (Å²) in [5.74, 6) is 0.682. The maximum Gasteiger partial charge on any atom is 0.0119 e. The Balaban J connectivity index is 1.99. The predicted molar refractivity (Wildman–Crippen MR) is 77.3 cm³/mol. The molecule has 0 aliphatic heterocycles. The van der Waals surface area contributed by atoms with Crippen LogP contribution in [0.4, 0.5) is 0 Å². The van der Waals surface area contributed by atoms with Crippen molar-refractivity contribution in [2.45, 2.75) is 38.0 Å². The van der Waals surface area contributed by atoms with Gasteiger partial charge in [-0.25, -0.2) is 0 Å². The molecule has 1 aliphatic rings. The Labute approximate surface area is 109 Å². The number of allylic oxidation sites excluding steroid dienone is 4. The van der Waals surface area contributed by atoms with Gasteiger partial charge in [0.15, 0.2) is 0 Å². The van der Waals surface area contributed by atoms with Crippen molar-refractivity contribution in [1.82, 2.24) is 0 Å². The van der Waals surface area contributed by atoms with E-state index in [0.29, 0.717) is 5.92 Å². The van der Waals surface area contributed by atoms with E-state index >= 15 is 0 Å². The fourth-order valence-electron chi connectivity index (χ4n) is 2.05. The van der Waals surface area contributed by atoms with Crippen LogP contribution in [0.3, 0.4) is 0 Å². The SMILES string of the molecule is CCCc1ccc(SC2=CC=CC(C)C2)cc1. The van der Waals surface area contributed by atoms with Gasteiger partial charge in [-0.2, -0.15) is 0 Å². The van der Waals surface area contributed by atoms with Gasteiger partial charge in [0.1, 0.15) is 0 Å². The molecule has 0 bridgehead atoms. The van der Waals surface area contributed by atoms with Crippen LogP contribution in [0.25, 0.3) is 0 Å². The van der Waals surface area contributed by atoms with E-state index in [-0.39, 0.29) is 0 Å². The highest BCUT2D eigenvalue weighted by Crippen LogP contribution is 2.33. The van der Waals surface area contributed by atoms with E-state index in [9.17, 15) is 0 Å². The summed E-state index contributed by atoms with van der Waals surface area (Å²) in [4.78, 5) is 2.84. The Morgan fingerprint density at radius 1 is 1.24 bits per heavy atom. The van der Waals surface area contributed by atoms with Gasteiger partial charge < -0.3 is 0 Å². The van der Waals surface area contributed by atoms with Gasteiger partial charge in [-0.3, -0.25) is 0 Å². The summed E-state index contributed by atoms with van der Waals surface area (Å²) in [5.41, 5.74) is 1.45. The average molecular weight is 244 g/mol. The van der Waals surface area contributed by atoms with Crippen LogP contribution >= 0.6 is 11.8 Å². The van der Waals surface area contributed by atoms with Gasteiger partial charge >= 0.3 is 0 Å². The zero-order chi connectivity index (χ0) is 12.1. The minimum Gasteiger partial charge on any atom is -0.0945 e. The second kappa shape index (κ2) is 6.11. The molecular formula is C16H20S. The smallest absolute Gasteiger partial charge is 0.0119 e. The first kappa shape index (κ1) is 12.5. The molecule has 1 aromatic rings. The third-order valence-corrected chi connectivity index (χ3v) is 4.03. The van der Waals surface area contributed by atoms with E-state index in [4.69, 9.17) is 0 Å². The lowest BCUT2D eigenvalue weighted by atomic mass is 10.0.